The van der Waals surface area contributed by atoms with Crippen LogP contribution in [0.15, 0.2) is 33.5 Å². The minimum absolute atomic E-state index is 0.0405. The fraction of sp³-hybridized carbons (Fsp3) is 0.250. The van der Waals surface area contributed by atoms with Gasteiger partial charge in [-0.2, -0.15) is 9.61 Å². The smallest absolute Gasteiger partial charge is 0.364 e. The van der Waals surface area contributed by atoms with Gasteiger partial charge in [0.15, 0.2) is 5.65 Å². The topological polar surface area (TPSA) is 88.2 Å². The Morgan fingerprint density at radius 3 is 2.95 bits per heavy atom. The lowest BCUT2D eigenvalue weighted by Gasteiger charge is -2.11. The molecule has 3 aromatic heterocycles. The highest BCUT2D eigenvalue weighted by molar-refractivity contribution is 5.43. The number of H-pyrrole nitrogens is 1. The third-order valence-electron chi connectivity index (χ3n) is 2.83. The molecule has 7 heteroatoms. The van der Waals surface area contributed by atoms with Gasteiger partial charge in [-0.15, -0.1) is 5.10 Å². The largest absolute Gasteiger partial charge is 0.464 e. The first-order chi connectivity index (χ1) is 9.13. The van der Waals surface area contributed by atoms with E-state index in [9.17, 15) is 4.79 Å². The van der Waals surface area contributed by atoms with Gasteiger partial charge >= 0.3 is 5.69 Å². The average molecular weight is 259 g/mol. The number of nitrogens with zero attached hydrogens (tertiary/aromatic N) is 3. The molecule has 0 fully saturated rings. The molecule has 1 unspecified atom stereocenters. The summed E-state index contributed by atoms with van der Waals surface area (Å²) in [7, 11) is 0. The van der Waals surface area contributed by atoms with E-state index in [1.807, 2.05) is 26.0 Å². The van der Waals surface area contributed by atoms with Crippen LogP contribution in [0.25, 0.3) is 5.65 Å². The van der Waals surface area contributed by atoms with Gasteiger partial charge in [0, 0.05) is 0 Å². The fourth-order valence-corrected chi connectivity index (χ4v) is 1.86. The predicted molar refractivity (Wildman–Crippen MR) is 69.1 cm³/mol. The molecule has 0 saturated heterocycles. The summed E-state index contributed by atoms with van der Waals surface area (Å²) in [6, 6.07) is 7.26. The van der Waals surface area contributed by atoms with Gasteiger partial charge in [0.25, 0.3) is 0 Å². The van der Waals surface area contributed by atoms with E-state index in [0.29, 0.717) is 11.5 Å². The molecule has 0 amide bonds. The number of aryl methyl sites for hydroxylation is 1. The van der Waals surface area contributed by atoms with E-state index < -0.39 is 0 Å². The van der Waals surface area contributed by atoms with Crippen LogP contribution >= 0.6 is 0 Å². The van der Waals surface area contributed by atoms with Gasteiger partial charge in [-0.3, -0.25) is 0 Å². The van der Waals surface area contributed by atoms with Crippen LogP contribution in [0.1, 0.15) is 24.5 Å². The number of rotatable bonds is 3. The van der Waals surface area contributed by atoms with Gasteiger partial charge in [-0.05, 0) is 38.1 Å². The van der Waals surface area contributed by atoms with Crippen molar-refractivity contribution in [2.24, 2.45) is 0 Å². The van der Waals surface area contributed by atoms with Crippen LogP contribution in [0.3, 0.4) is 0 Å². The Morgan fingerprint density at radius 2 is 2.21 bits per heavy atom. The number of nitrogens with one attached hydrogen (secondary N) is 2. The molecule has 0 bridgehead atoms. The van der Waals surface area contributed by atoms with Crippen molar-refractivity contribution < 1.29 is 4.42 Å². The van der Waals surface area contributed by atoms with Crippen LogP contribution < -0.4 is 11.0 Å². The molecule has 0 saturated carbocycles. The number of aromatic nitrogens is 4. The zero-order valence-corrected chi connectivity index (χ0v) is 10.5. The number of hydrogen-bond donors (Lipinski definition) is 2. The van der Waals surface area contributed by atoms with Crippen LogP contribution in [0.4, 0.5) is 5.82 Å². The van der Waals surface area contributed by atoms with Crippen LogP contribution in [0.5, 0.6) is 0 Å². The molecular formula is C12H13N5O2. The van der Waals surface area contributed by atoms with Crippen molar-refractivity contribution in [2.75, 3.05) is 5.32 Å². The molecule has 0 aliphatic heterocycles. The number of fused-ring (bicyclic) bond motifs is 1. The van der Waals surface area contributed by atoms with Crippen molar-refractivity contribution in [3.8, 4) is 0 Å². The summed E-state index contributed by atoms with van der Waals surface area (Å²) >= 11 is 0. The lowest BCUT2D eigenvalue weighted by atomic mass is 10.2. The first kappa shape index (κ1) is 11.5. The summed E-state index contributed by atoms with van der Waals surface area (Å²) in [5.74, 6) is 2.26. The van der Waals surface area contributed by atoms with E-state index in [1.165, 1.54) is 4.52 Å². The molecular weight excluding hydrogens is 246 g/mol. The Bertz CT molecular complexity index is 770. The number of hydrogen-bond acceptors (Lipinski definition) is 5. The molecule has 1 atom stereocenters. The number of aromatic amines is 1. The molecule has 19 heavy (non-hydrogen) atoms. The van der Waals surface area contributed by atoms with Crippen molar-refractivity contribution in [1.29, 1.82) is 0 Å². The third-order valence-corrected chi connectivity index (χ3v) is 2.83. The van der Waals surface area contributed by atoms with Crippen molar-refractivity contribution in [3.05, 3.63) is 46.3 Å². The Hall–Kier alpha value is -2.57. The van der Waals surface area contributed by atoms with Gasteiger partial charge < -0.3 is 9.73 Å². The SMILES string of the molecule is Cc1ccc(C(C)Nc2ccc3n[nH]c(=O)n3n2)o1. The van der Waals surface area contributed by atoms with E-state index in [1.54, 1.807) is 12.1 Å². The van der Waals surface area contributed by atoms with E-state index >= 15 is 0 Å². The van der Waals surface area contributed by atoms with Crippen LogP contribution in [0.2, 0.25) is 0 Å². The number of furan rings is 1. The molecule has 2 N–H and O–H groups in total. The van der Waals surface area contributed by atoms with Crippen molar-refractivity contribution in [3.63, 3.8) is 0 Å². The molecule has 0 aliphatic rings. The summed E-state index contributed by atoms with van der Waals surface area (Å²) < 4.78 is 6.75. The van der Waals surface area contributed by atoms with Crippen molar-refractivity contribution in [2.45, 2.75) is 19.9 Å². The van der Waals surface area contributed by atoms with Crippen molar-refractivity contribution in [1.82, 2.24) is 19.8 Å². The molecule has 0 aromatic carbocycles. The summed E-state index contributed by atoms with van der Waals surface area (Å²) in [4.78, 5) is 11.4. The first-order valence-electron chi connectivity index (χ1n) is 5.91. The molecule has 98 valence electrons. The monoisotopic (exact) mass is 259 g/mol. The minimum Gasteiger partial charge on any atom is -0.464 e. The second-order valence-electron chi connectivity index (χ2n) is 4.33. The fourth-order valence-electron chi connectivity index (χ4n) is 1.86. The third kappa shape index (κ3) is 2.10. The van der Waals surface area contributed by atoms with Gasteiger partial charge in [-0.1, -0.05) is 0 Å². The normalized spacial score (nSPS) is 12.7. The highest BCUT2D eigenvalue weighted by atomic mass is 16.3. The van der Waals surface area contributed by atoms with Gasteiger partial charge in [0.05, 0.1) is 6.04 Å². The first-order valence-corrected chi connectivity index (χ1v) is 5.91. The van der Waals surface area contributed by atoms with E-state index in [-0.39, 0.29) is 11.7 Å². The summed E-state index contributed by atoms with van der Waals surface area (Å²) in [5, 5.41) is 13.5. The maximum atomic E-state index is 11.4. The molecule has 3 aromatic rings. The van der Waals surface area contributed by atoms with Gasteiger partial charge in [0.2, 0.25) is 0 Å². The predicted octanol–water partition coefficient (Wildman–Crippen LogP) is 1.49. The Morgan fingerprint density at radius 1 is 1.37 bits per heavy atom. The second kappa shape index (κ2) is 4.27. The maximum Gasteiger partial charge on any atom is 0.364 e. The zero-order valence-electron chi connectivity index (χ0n) is 10.5. The Labute approximate surface area is 108 Å². The number of anilines is 1. The lowest BCUT2D eigenvalue weighted by molar-refractivity contribution is 0.466. The summed E-state index contributed by atoms with van der Waals surface area (Å²) in [5.41, 5.74) is 0.122. The van der Waals surface area contributed by atoms with Crippen LogP contribution in [-0.4, -0.2) is 19.8 Å². The maximum absolute atomic E-state index is 11.4. The standard InChI is InChI=1S/C12H13N5O2/c1-7-3-4-9(19-7)8(2)13-10-5-6-11-14-15-12(18)17(11)16-10/h3-6,8H,1-2H3,(H,13,16)(H,15,18). The van der Waals surface area contributed by atoms with Crippen molar-refractivity contribution >= 4 is 11.5 Å². The average Bonchev–Trinajstić information content (AvgIpc) is 2.97. The van der Waals surface area contributed by atoms with Gasteiger partial charge in [-0.25, -0.2) is 9.89 Å². The van der Waals surface area contributed by atoms with E-state index in [2.05, 4.69) is 20.6 Å². The summed E-state index contributed by atoms with van der Waals surface area (Å²) in [6.07, 6.45) is 0. The summed E-state index contributed by atoms with van der Waals surface area (Å²) in [6.45, 7) is 3.86. The molecule has 0 spiro atoms. The Kier molecular flexibility index (Phi) is 2.59. The zero-order chi connectivity index (χ0) is 13.4. The molecule has 0 aliphatic carbocycles. The second-order valence-corrected chi connectivity index (χ2v) is 4.33. The quantitative estimate of drug-likeness (QED) is 0.744. The van der Waals surface area contributed by atoms with Crippen LogP contribution in [-0.2, 0) is 0 Å². The Balaban J connectivity index is 1.88. The molecule has 3 rings (SSSR count). The highest BCUT2D eigenvalue weighted by Crippen LogP contribution is 2.19. The van der Waals surface area contributed by atoms with E-state index in [0.717, 1.165) is 11.5 Å². The highest BCUT2D eigenvalue weighted by Gasteiger charge is 2.11. The van der Waals surface area contributed by atoms with Gasteiger partial charge in [0.1, 0.15) is 17.3 Å². The lowest BCUT2D eigenvalue weighted by Crippen LogP contribution is -2.15. The molecule has 0 radical (unpaired) electrons. The minimum atomic E-state index is -0.361. The van der Waals surface area contributed by atoms with E-state index in [4.69, 9.17) is 4.42 Å². The van der Waals surface area contributed by atoms with Crippen LogP contribution in [0, 0.1) is 6.92 Å². The molecule has 7 nitrogen and oxygen atoms in total. The molecule has 3 heterocycles.